The van der Waals surface area contributed by atoms with Crippen LogP contribution in [0.4, 0.5) is 27.6 Å². The third kappa shape index (κ3) is 23.1. The number of thioether (sulfide) groups is 1. The molecule has 4 aliphatic rings. The number of amides is 3. The molecule has 12 aromatic rings. The Morgan fingerprint density at radius 2 is 0.707 bits per heavy atom. The maximum atomic E-state index is 13.5. The van der Waals surface area contributed by atoms with Gasteiger partial charge in [0, 0.05) is 170 Å². The van der Waals surface area contributed by atoms with Crippen LogP contribution in [0.2, 0.25) is 15.1 Å². The maximum absolute atomic E-state index is 13.5. The standard InChI is InChI=1S/C33H37ClFN3O5.C31H33ClFN3O4.C31H31ClFN3O3S/c1-40-20-17-37(18-21-41-2)15-3-19-42-26-9-4-23(5-10-26)32-31-28(29-22-24(34)6-13-30(29)36-31)14-16-38(32)33(39)43-27-11-7-25(35)8-12-27;1-35(17-19-38-2)15-3-18-39-24-9-4-21(5-10-24)30-29-26(27-20-22(32)6-13-28(27)34-29)14-16-36(30)31(37)40-25-11-7-23(33)8-12-25;32-22-4-11-28-27(20-22)26-12-14-36(31(37)39-25-9-5-23(33)6-10-25)30(29(26)34-28)21-2-7-24(8-3-21)38-17-1-13-35-15-18-40-19-16-35/h4-13,22,32,36H,3,14-21H2,1-2H3;4-13,20,30,34H,3,14-19H2,1-2H3;2-11,20,30,34H,1,12-19H2. The summed E-state index contributed by atoms with van der Waals surface area (Å²) in [5.41, 5.74) is 11.8. The van der Waals surface area contributed by atoms with Gasteiger partial charge in [0.1, 0.15) is 70.1 Å². The van der Waals surface area contributed by atoms with Crippen molar-refractivity contribution >= 4 is 97.6 Å². The molecular weight excluding hydrogens is 1650 g/mol. The van der Waals surface area contributed by atoms with Gasteiger partial charge in [0.2, 0.25) is 0 Å². The molecule has 3 amide bonds. The Morgan fingerprint density at radius 3 is 1.05 bits per heavy atom. The third-order valence-corrected chi connectivity index (χ3v) is 24.0. The van der Waals surface area contributed by atoms with Gasteiger partial charge < -0.3 is 67.4 Å². The molecule has 9 aromatic carbocycles. The molecule has 646 valence electrons. The number of halogens is 6. The molecule has 0 bridgehead atoms. The number of carbonyl (C=O) groups is 3. The predicted octanol–water partition coefficient (Wildman–Crippen LogP) is 19.8. The van der Waals surface area contributed by atoms with Crippen molar-refractivity contribution in [2.45, 2.75) is 56.7 Å². The van der Waals surface area contributed by atoms with Gasteiger partial charge in [-0.25, -0.2) is 27.6 Å². The number of ether oxygens (including phenoxy) is 9. The van der Waals surface area contributed by atoms with Crippen LogP contribution in [0.15, 0.2) is 200 Å². The van der Waals surface area contributed by atoms with Gasteiger partial charge in [-0.1, -0.05) is 71.2 Å². The molecule has 7 heterocycles. The lowest BCUT2D eigenvalue weighted by Gasteiger charge is -2.35. The van der Waals surface area contributed by atoms with Crippen molar-refractivity contribution < 1.29 is 70.2 Å². The lowest BCUT2D eigenvalue weighted by molar-refractivity contribution is 0.110. The highest BCUT2D eigenvalue weighted by Crippen LogP contribution is 2.44. The van der Waals surface area contributed by atoms with Gasteiger partial charge in [0.15, 0.2) is 0 Å². The zero-order valence-corrected chi connectivity index (χ0v) is 72.3. The molecule has 0 spiro atoms. The van der Waals surface area contributed by atoms with Crippen LogP contribution in [0.3, 0.4) is 0 Å². The second-order valence-electron chi connectivity index (χ2n) is 30.5. The molecule has 3 atom stereocenters. The van der Waals surface area contributed by atoms with E-state index in [4.69, 9.17) is 77.4 Å². The molecule has 123 heavy (non-hydrogen) atoms. The normalized spacial score (nSPS) is 15.7. The number of aromatic nitrogens is 3. The number of fused-ring (bicyclic) bond motifs is 9. The number of carbonyl (C=O) groups excluding carboxylic acids is 3. The average Bonchev–Trinajstić information content (AvgIpc) is 1.62. The van der Waals surface area contributed by atoms with E-state index in [-0.39, 0.29) is 17.3 Å². The summed E-state index contributed by atoms with van der Waals surface area (Å²) < 4.78 is 90.8. The highest BCUT2D eigenvalue weighted by atomic mass is 35.5. The summed E-state index contributed by atoms with van der Waals surface area (Å²) in [4.78, 5) is 63.1. The minimum Gasteiger partial charge on any atom is -0.494 e. The largest absolute Gasteiger partial charge is 0.494 e. The smallest absolute Gasteiger partial charge is 0.416 e. The SMILES string of the molecule is COCCN(C)CCCOc1ccc(C2c3[nH]c4ccc(Cl)cc4c3CCN2C(=O)Oc2ccc(F)cc2)cc1.COCCN(CCCOc1ccc(C2c3[nH]c4ccc(Cl)cc4c3CCN2C(=O)Oc2ccc(F)cc2)cc1)CCOC.O=C(Oc1ccc(F)cc1)N1CCc2c([nH]c3ccc(Cl)cc23)C1c1ccc(OCCCN2CCSCC2)cc1. The van der Waals surface area contributed by atoms with Crippen LogP contribution in [0, 0.1) is 17.5 Å². The number of likely N-dealkylation sites (N-methyl/N-ethyl adjacent to an activating group) is 1. The molecule has 3 N–H and O–H groups in total. The van der Waals surface area contributed by atoms with E-state index in [1.807, 2.05) is 139 Å². The Kier molecular flexibility index (Phi) is 31.3. The minimum absolute atomic E-state index is 0.283. The van der Waals surface area contributed by atoms with Gasteiger partial charge in [-0.05, 0) is 243 Å². The topological polar surface area (TPSA) is 201 Å². The summed E-state index contributed by atoms with van der Waals surface area (Å²) in [5, 5.41) is 5.15. The highest BCUT2D eigenvalue weighted by Gasteiger charge is 2.40. The zero-order chi connectivity index (χ0) is 85.7. The quantitative estimate of drug-likeness (QED) is 0.0359. The maximum Gasteiger partial charge on any atom is 0.416 e. The third-order valence-electron chi connectivity index (χ3n) is 22.3. The van der Waals surface area contributed by atoms with Crippen molar-refractivity contribution in [1.82, 2.24) is 44.4 Å². The summed E-state index contributed by atoms with van der Waals surface area (Å²) in [6, 6.07) is 56.0. The molecule has 3 unspecified atom stereocenters. The molecule has 28 heteroatoms. The van der Waals surface area contributed by atoms with E-state index >= 15 is 0 Å². The average molecular weight is 1760 g/mol. The molecule has 16 rings (SSSR count). The van der Waals surface area contributed by atoms with Crippen molar-refractivity contribution in [3.63, 3.8) is 0 Å². The Bertz CT molecular complexity index is 5470. The van der Waals surface area contributed by atoms with Crippen LogP contribution in [0.1, 0.15) is 87.9 Å². The van der Waals surface area contributed by atoms with E-state index in [9.17, 15) is 27.6 Å². The summed E-state index contributed by atoms with van der Waals surface area (Å²) >= 11 is 21.0. The Labute approximate surface area is 733 Å². The summed E-state index contributed by atoms with van der Waals surface area (Å²) in [5.74, 6) is 4.45. The highest BCUT2D eigenvalue weighted by molar-refractivity contribution is 7.99. The summed E-state index contributed by atoms with van der Waals surface area (Å²) in [6.45, 7) is 13.0. The monoisotopic (exact) mass is 1750 g/mol. The number of hydrogen-bond acceptors (Lipinski definition) is 16. The van der Waals surface area contributed by atoms with Crippen LogP contribution >= 0.6 is 46.6 Å². The van der Waals surface area contributed by atoms with E-state index in [1.54, 1.807) is 36.0 Å². The van der Waals surface area contributed by atoms with E-state index in [2.05, 4.69) is 36.7 Å². The van der Waals surface area contributed by atoms with Crippen LogP contribution in [-0.4, -0.2) is 214 Å². The molecule has 21 nitrogen and oxygen atoms in total. The van der Waals surface area contributed by atoms with Gasteiger partial charge in [0.05, 0.1) is 39.6 Å². The molecule has 0 aliphatic carbocycles. The number of hydrogen-bond donors (Lipinski definition) is 3. The fourth-order valence-corrected chi connectivity index (χ4v) is 17.6. The first-order valence-electron chi connectivity index (χ1n) is 41.4. The Hall–Kier alpha value is -10.4. The molecular formula is C95H101Cl3F3N9O12S. The van der Waals surface area contributed by atoms with E-state index in [0.29, 0.717) is 99.4 Å². The molecule has 4 aliphatic heterocycles. The number of rotatable bonds is 30. The van der Waals surface area contributed by atoms with E-state index < -0.39 is 48.0 Å². The van der Waals surface area contributed by atoms with Gasteiger partial charge in [0.25, 0.3) is 0 Å². The minimum atomic E-state index is -0.509. The van der Waals surface area contributed by atoms with Gasteiger partial charge in [-0.3, -0.25) is 19.6 Å². The number of methoxy groups -OCH3 is 3. The second kappa shape index (κ2) is 43.3. The lowest BCUT2D eigenvalue weighted by Crippen LogP contribution is -2.42. The second-order valence-corrected chi connectivity index (χ2v) is 33.0. The van der Waals surface area contributed by atoms with Crippen molar-refractivity contribution in [1.29, 1.82) is 0 Å². The Balaban J connectivity index is 0.000000150. The number of nitrogens with zero attached hydrogens (tertiary/aromatic N) is 6. The zero-order valence-electron chi connectivity index (χ0n) is 69.2. The van der Waals surface area contributed by atoms with Crippen molar-refractivity contribution in [2.75, 3.05) is 152 Å². The predicted molar refractivity (Wildman–Crippen MR) is 477 cm³/mol. The van der Waals surface area contributed by atoms with Gasteiger partial charge in [-0.15, -0.1) is 0 Å². The number of H-pyrrole nitrogens is 3. The fourth-order valence-electron chi connectivity index (χ4n) is 16.1. The lowest BCUT2D eigenvalue weighted by atomic mass is 9.92. The van der Waals surface area contributed by atoms with Crippen LogP contribution < -0.4 is 28.4 Å². The summed E-state index contributed by atoms with van der Waals surface area (Å²) in [7, 11) is 7.18. The fraction of sp³-hybridized carbons (Fsp3) is 0.337. The number of nitrogens with one attached hydrogen (secondary N) is 3. The Morgan fingerprint density at radius 1 is 0.390 bits per heavy atom. The molecule has 3 aromatic heterocycles. The molecule has 0 radical (unpaired) electrons. The van der Waals surface area contributed by atoms with Gasteiger partial charge >= 0.3 is 18.3 Å². The van der Waals surface area contributed by atoms with Crippen molar-refractivity contribution in [3.05, 3.63) is 283 Å². The first kappa shape index (κ1) is 88.9. The molecule has 0 saturated carbocycles. The first-order valence-corrected chi connectivity index (χ1v) is 43.7. The van der Waals surface area contributed by atoms with Crippen LogP contribution in [0.5, 0.6) is 34.5 Å². The van der Waals surface area contributed by atoms with Crippen LogP contribution in [-0.2, 0) is 33.5 Å². The summed E-state index contributed by atoms with van der Waals surface area (Å²) in [6.07, 6.45) is 3.18. The van der Waals surface area contributed by atoms with Crippen LogP contribution in [0.25, 0.3) is 32.7 Å². The molecule has 1 saturated heterocycles. The molecule has 1 fully saturated rings. The van der Waals surface area contributed by atoms with Crippen molar-refractivity contribution in [3.8, 4) is 34.5 Å². The van der Waals surface area contributed by atoms with Crippen molar-refractivity contribution in [2.24, 2.45) is 0 Å². The van der Waals surface area contributed by atoms with Gasteiger partial charge in [-0.2, -0.15) is 11.8 Å². The van der Waals surface area contributed by atoms with E-state index in [0.717, 1.165) is 172 Å². The number of benzene rings is 9. The number of aromatic amines is 3. The first-order chi connectivity index (χ1) is 59.9. The van der Waals surface area contributed by atoms with E-state index in [1.165, 1.54) is 84.3 Å².